The van der Waals surface area contributed by atoms with Crippen molar-refractivity contribution in [3.8, 4) is 0 Å². The van der Waals surface area contributed by atoms with Crippen molar-refractivity contribution in [2.24, 2.45) is 17.3 Å². The van der Waals surface area contributed by atoms with Crippen LogP contribution in [0.15, 0.2) is 0 Å². The van der Waals surface area contributed by atoms with Crippen LogP contribution in [0.25, 0.3) is 0 Å². The average Bonchev–Trinajstić information content (AvgIpc) is 1.82. The zero-order chi connectivity index (χ0) is 9.35. The van der Waals surface area contributed by atoms with Crippen LogP contribution in [0.2, 0.25) is 0 Å². The minimum absolute atomic E-state index is 0.0636. The number of aliphatic hydroxyl groups is 2. The maximum absolute atomic E-state index is 9.71. The van der Waals surface area contributed by atoms with E-state index >= 15 is 0 Å². The van der Waals surface area contributed by atoms with Gasteiger partial charge in [0.25, 0.3) is 0 Å². The number of hydrogen-bond donors (Lipinski definition) is 2. The molecule has 1 aliphatic rings. The first kappa shape index (κ1) is 10.0. The summed E-state index contributed by atoms with van der Waals surface area (Å²) in [6.07, 6.45) is 1.64. The Balaban J connectivity index is 2.71. The van der Waals surface area contributed by atoms with Crippen LogP contribution in [0.3, 0.4) is 0 Å². The Morgan fingerprint density at radius 2 is 2.00 bits per heavy atom. The summed E-state index contributed by atoms with van der Waals surface area (Å²) in [5.41, 5.74) is 0.0891. The number of aliphatic hydroxyl groups excluding tert-OH is 2. The van der Waals surface area contributed by atoms with Gasteiger partial charge in [-0.25, -0.2) is 0 Å². The van der Waals surface area contributed by atoms with Gasteiger partial charge in [-0.3, -0.25) is 0 Å². The molecule has 1 aliphatic carbocycles. The van der Waals surface area contributed by atoms with Gasteiger partial charge in [-0.05, 0) is 24.2 Å². The second kappa shape index (κ2) is 3.35. The third-order valence-electron chi connectivity index (χ3n) is 3.18. The predicted octanol–water partition coefficient (Wildman–Crippen LogP) is 1.41. The molecule has 3 unspecified atom stereocenters. The normalized spacial score (nSPS) is 41.2. The molecule has 0 heterocycles. The molecule has 1 saturated carbocycles. The van der Waals surface area contributed by atoms with Crippen LogP contribution in [0.5, 0.6) is 0 Å². The molecule has 0 saturated heterocycles. The van der Waals surface area contributed by atoms with Crippen molar-refractivity contribution >= 4 is 0 Å². The van der Waals surface area contributed by atoms with Gasteiger partial charge >= 0.3 is 0 Å². The lowest BCUT2D eigenvalue weighted by Gasteiger charge is -2.43. The molecule has 12 heavy (non-hydrogen) atoms. The first-order valence-corrected chi connectivity index (χ1v) is 4.76. The highest BCUT2D eigenvalue weighted by Gasteiger charge is 2.40. The van der Waals surface area contributed by atoms with Gasteiger partial charge in [0.1, 0.15) is 0 Å². The van der Waals surface area contributed by atoms with Crippen LogP contribution < -0.4 is 0 Å². The Hall–Kier alpha value is -0.0800. The minimum atomic E-state index is -0.311. The van der Waals surface area contributed by atoms with Crippen LogP contribution in [0.4, 0.5) is 0 Å². The molecule has 0 aliphatic heterocycles. The molecule has 0 radical (unpaired) electrons. The van der Waals surface area contributed by atoms with Gasteiger partial charge in [0.05, 0.1) is 6.10 Å². The van der Waals surface area contributed by atoms with Gasteiger partial charge in [0.2, 0.25) is 0 Å². The lowest BCUT2D eigenvalue weighted by molar-refractivity contribution is -0.0549. The smallest absolute Gasteiger partial charge is 0.0598 e. The van der Waals surface area contributed by atoms with Crippen LogP contribution in [-0.4, -0.2) is 22.9 Å². The SMILES string of the molecule is CC1CC(O)C(CO)C(C)(C)C1. The molecule has 0 aromatic rings. The summed E-state index contributed by atoms with van der Waals surface area (Å²) in [5, 5.41) is 18.8. The lowest BCUT2D eigenvalue weighted by Crippen LogP contribution is -2.43. The molecule has 0 amide bonds. The number of hydrogen-bond acceptors (Lipinski definition) is 2. The summed E-state index contributed by atoms with van der Waals surface area (Å²) in [6, 6.07) is 0. The Morgan fingerprint density at radius 3 is 2.42 bits per heavy atom. The molecule has 2 N–H and O–H groups in total. The fraction of sp³-hybridized carbons (Fsp3) is 1.00. The van der Waals surface area contributed by atoms with Crippen molar-refractivity contribution < 1.29 is 10.2 Å². The maximum atomic E-state index is 9.71. The summed E-state index contributed by atoms with van der Waals surface area (Å²) in [5.74, 6) is 0.645. The molecule has 0 aromatic heterocycles. The highest BCUT2D eigenvalue weighted by molar-refractivity contribution is 4.90. The van der Waals surface area contributed by atoms with Crippen molar-refractivity contribution in [2.75, 3.05) is 6.61 Å². The van der Waals surface area contributed by atoms with Crippen LogP contribution in [-0.2, 0) is 0 Å². The van der Waals surface area contributed by atoms with Gasteiger partial charge in [-0.2, -0.15) is 0 Å². The Morgan fingerprint density at radius 1 is 1.42 bits per heavy atom. The lowest BCUT2D eigenvalue weighted by atomic mass is 9.64. The molecule has 72 valence electrons. The van der Waals surface area contributed by atoms with Gasteiger partial charge < -0.3 is 10.2 Å². The monoisotopic (exact) mass is 172 g/mol. The summed E-state index contributed by atoms with van der Waals surface area (Å²) < 4.78 is 0. The fourth-order valence-corrected chi connectivity index (χ4v) is 2.60. The van der Waals surface area contributed by atoms with Crippen molar-refractivity contribution in [1.29, 1.82) is 0 Å². The molecular weight excluding hydrogens is 152 g/mol. The maximum Gasteiger partial charge on any atom is 0.0598 e. The molecule has 0 aromatic carbocycles. The van der Waals surface area contributed by atoms with Crippen molar-refractivity contribution in [3.05, 3.63) is 0 Å². The van der Waals surface area contributed by atoms with E-state index in [4.69, 9.17) is 5.11 Å². The zero-order valence-electron chi connectivity index (χ0n) is 8.25. The quantitative estimate of drug-likeness (QED) is 0.628. The van der Waals surface area contributed by atoms with Crippen LogP contribution in [0.1, 0.15) is 33.6 Å². The van der Waals surface area contributed by atoms with E-state index < -0.39 is 0 Å². The van der Waals surface area contributed by atoms with E-state index in [-0.39, 0.29) is 24.0 Å². The van der Waals surface area contributed by atoms with E-state index in [1.54, 1.807) is 0 Å². The third kappa shape index (κ3) is 1.80. The topological polar surface area (TPSA) is 40.5 Å². The van der Waals surface area contributed by atoms with Gasteiger partial charge in [-0.1, -0.05) is 20.8 Å². The fourth-order valence-electron chi connectivity index (χ4n) is 2.60. The molecule has 3 atom stereocenters. The predicted molar refractivity (Wildman–Crippen MR) is 48.8 cm³/mol. The molecule has 2 heteroatoms. The summed E-state index contributed by atoms with van der Waals surface area (Å²) in [4.78, 5) is 0. The molecule has 0 bridgehead atoms. The molecular formula is C10H20O2. The molecule has 1 fully saturated rings. The van der Waals surface area contributed by atoms with Crippen LogP contribution >= 0.6 is 0 Å². The standard InChI is InChI=1S/C10H20O2/c1-7-4-9(12)8(6-11)10(2,3)5-7/h7-9,11-12H,4-6H2,1-3H3. The molecule has 1 rings (SSSR count). The summed E-state index contributed by atoms with van der Waals surface area (Å²) in [6.45, 7) is 6.54. The first-order valence-electron chi connectivity index (χ1n) is 4.76. The highest BCUT2D eigenvalue weighted by Crippen LogP contribution is 2.42. The van der Waals surface area contributed by atoms with E-state index in [1.807, 2.05) is 0 Å². The average molecular weight is 172 g/mol. The van der Waals surface area contributed by atoms with Crippen molar-refractivity contribution in [3.63, 3.8) is 0 Å². The second-order valence-electron chi connectivity index (χ2n) is 4.89. The Labute approximate surface area is 74.6 Å². The summed E-state index contributed by atoms with van der Waals surface area (Å²) >= 11 is 0. The van der Waals surface area contributed by atoms with E-state index in [1.165, 1.54) is 0 Å². The Kier molecular flexibility index (Phi) is 2.79. The van der Waals surface area contributed by atoms with E-state index in [0.29, 0.717) is 5.92 Å². The van der Waals surface area contributed by atoms with Gasteiger partial charge in [0, 0.05) is 12.5 Å². The zero-order valence-corrected chi connectivity index (χ0v) is 8.25. The molecule has 0 spiro atoms. The van der Waals surface area contributed by atoms with Crippen molar-refractivity contribution in [1.82, 2.24) is 0 Å². The van der Waals surface area contributed by atoms with E-state index in [9.17, 15) is 5.11 Å². The largest absolute Gasteiger partial charge is 0.396 e. The summed E-state index contributed by atoms with van der Waals surface area (Å²) in [7, 11) is 0. The minimum Gasteiger partial charge on any atom is -0.396 e. The van der Waals surface area contributed by atoms with Crippen molar-refractivity contribution in [2.45, 2.75) is 39.7 Å². The number of rotatable bonds is 1. The molecule has 2 nitrogen and oxygen atoms in total. The third-order valence-corrected chi connectivity index (χ3v) is 3.18. The Bertz CT molecular complexity index is 154. The van der Waals surface area contributed by atoms with Crippen LogP contribution in [0, 0.1) is 17.3 Å². The first-order chi connectivity index (χ1) is 5.47. The van der Waals surface area contributed by atoms with E-state index in [0.717, 1.165) is 12.8 Å². The van der Waals surface area contributed by atoms with E-state index in [2.05, 4.69) is 20.8 Å². The second-order valence-corrected chi connectivity index (χ2v) is 4.89. The van der Waals surface area contributed by atoms with Gasteiger partial charge in [-0.15, -0.1) is 0 Å². The van der Waals surface area contributed by atoms with Gasteiger partial charge in [0.15, 0.2) is 0 Å². The highest BCUT2D eigenvalue weighted by atomic mass is 16.3.